The van der Waals surface area contributed by atoms with Crippen LogP contribution in [0.3, 0.4) is 0 Å². The molecule has 0 aliphatic heterocycles. The maximum absolute atomic E-state index is 12.0. The number of nitrogens with one attached hydrogen (secondary N) is 1. The number of likely N-dealkylation sites (N-methyl/N-ethyl adjacent to an activating group) is 1. The van der Waals surface area contributed by atoms with E-state index in [9.17, 15) is 13.2 Å². The number of hydrogen-bond acceptors (Lipinski definition) is 4. The predicted molar refractivity (Wildman–Crippen MR) is 76.4 cm³/mol. The Bertz CT molecular complexity index is 552. The van der Waals surface area contributed by atoms with Crippen molar-refractivity contribution in [1.29, 1.82) is 0 Å². The molecule has 0 saturated heterocycles. The monoisotopic (exact) mass is 300 g/mol. The molecule has 7 heteroatoms. The summed E-state index contributed by atoms with van der Waals surface area (Å²) in [5.41, 5.74) is 0.0588. The fraction of sp³-hybridized carbons (Fsp3) is 0.462. The normalized spacial score (nSPS) is 12.1. The predicted octanol–water partition coefficient (Wildman–Crippen LogP) is 1.00. The van der Waals surface area contributed by atoms with E-state index in [0.29, 0.717) is 19.1 Å². The second kappa shape index (κ2) is 6.83. The summed E-state index contributed by atoms with van der Waals surface area (Å²) >= 11 is 0. The summed E-state index contributed by atoms with van der Waals surface area (Å²) in [6, 6.07) is 5.47. The van der Waals surface area contributed by atoms with Crippen LogP contribution in [0.2, 0.25) is 0 Å². The molecule has 0 saturated carbocycles. The van der Waals surface area contributed by atoms with E-state index >= 15 is 0 Å². The number of carbonyl (C=O) groups is 1. The van der Waals surface area contributed by atoms with Gasteiger partial charge >= 0.3 is 5.97 Å². The van der Waals surface area contributed by atoms with Crippen LogP contribution in [-0.4, -0.2) is 50.6 Å². The van der Waals surface area contributed by atoms with E-state index in [1.807, 2.05) is 25.8 Å². The second-order valence-electron chi connectivity index (χ2n) is 4.80. The van der Waals surface area contributed by atoms with Crippen molar-refractivity contribution >= 4 is 16.0 Å². The van der Waals surface area contributed by atoms with Gasteiger partial charge in [0.05, 0.1) is 10.5 Å². The summed E-state index contributed by atoms with van der Waals surface area (Å²) in [5, 5.41) is 8.76. The van der Waals surface area contributed by atoms with Crippen LogP contribution in [0.5, 0.6) is 0 Å². The smallest absolute Gasteiger partial charge is 0.335 e. The quantitative estimate of drug-likeness (QED) is 0.784. The molecule has 112 valence electrons. The van der Waals surface area contributed by atoms with Gasteiger partial charge in [-0.05, 0) is 45.2 Å². The molecule has 0 bridgehead atoms. The zero-order chi connectivity index (χ0) is 15.3. The van der Waals surface area contributed by atoms with Crippen molar-refractivity contribution < 1.29 is 18.3 Å². The number of carboxylic acids is 1. The Hall–Kier alpha value is -1.44. The molecule has 1 aromatic carbocycles. The van der Waals surface area contributed by atoms with Crippen molar-refractivity contribution in [1.82, 2.24) is 9.62 Å². The largest absolute Gasteiger partial charge is 0.478 e. The highest BCUT2D eigenvalue weighted by Gasteiger charge is 2.14. The Morgan fingerprint density at radius 1 is 1.30 bits per heavy atom. The maximum atomic E-state index is 12.0. The number of hydrogen-bond donors (Lipinski definition) is 2. The molecule has 0 heterocycles. The molecule has 0 fully saturated rings. The zero-order valence-corrected chi connectivity index (χ0v) is 12.6. The van der Waals surface area contributed by atoms with Gasteiger partial charge in [0.2, 0.25) is 10.0 Å². The van der Waals surface area contributed by atoms with E-state index in [2.05, 4.69) is 4.72 Å². The van der Waals surface area contributed by atoms with Crippen LogP contribution < -0.4 is 4.72 Å². The molecule has 20 heavy (non-hydrogen) atoms. The van der Waals surface area contributed by atoms with Crippen LogP contribution in [0.1, 0.15) is 24.2 Å². The van der Waals surface area contributed by atoms with Crippen molar-refractivity contribution in [2.45, 2.75) is 24.8 Å². The second-order valence-corrected chi connectivity index (χ2v) is 6.57. The highest BCUT2D eigenvalue weighted by molar-refractivity contribution is 7.89. The van der Waals surface area contributed by atoms with Crippen molar-refractivity contribution in [2.24, 2.45) is 0 Å². The molecule has 0 aromatic heterocycles. The SMILES string of the molecule is CC(C)N(C)CCNS(=O)(=O)c1ccc(C(=O)O)cc1. The fourth-order valence-corrected chi connectivity index (χ4v) is 2.50. The molecule has 0 unspecified atom stereocenters. The summed E-state index contributed by atoms with van der Waals surface area (Å²) < 4.78 is 26.5. The van der Waals surface area contributed by atoms with Gasteiger partial charge in [-0.25, -0.2) is 17.9 Å². The van der Waals surface area contributed by atoms with Gasteiger partial charge in [-0.15, -0.1) is 0 Å². The molecule has 2 N–H and O–H groups in total. The van der Waals surface area contributed by atoms with Crippen LogP contribution in [0, 0.1) is 0 Å². The number of benzene rings is 1. The van der Waals surface area contributed by atoms with Crippen molar-refractivity contribution in [3.05, 3.63) is 29.8 Å². The minimum Gasteiger partial charge on any atom is -0.478 e. The fourth-order valence-electron chi connectivity index (χ4n) is 1.47. The van der Waals surface area contributed by atoms with Crippen LogP contribution in [-0.2, 0) is 10.0 Å². The first-order valence-corrected chi connectivity index (χ1v) is 7.75. The Morgan fingerprint density at radius 2 is 1.85 bits per heavy atom. The summed E-state index contributed by atoms with van der Waals surface area (Å²) in [6.45, 7) is 4.96. The van der Waals surface area contributed by atoms with E-state index in [1.165, 1.54) is 24.3 Å². The molecule has 1 aromatic rings. The molecule has 0 spiro atoms. The van der Waals surface area contributed by atoms with Gasteiger partial charge in [0.15, 0.2) is 0 Å². The lowest BCUT2D eigenvalue weighted by atomic mass is 10.2. The average molecular weight is 300 g/mol. The van der Waals surface area contributed by atoms with E-state index in [-0.39, 0.29) is 10.5 Å². The van der Waals surface area contributed by atoms with Gasteiger partial charge in [-0.2, -0.15) is 0 Å². The van der Waals surface area contributed by atoms with Crippen LogP contribution in [0.25, 0.3) is 0 Å². The lowest BCUT2D eigenvalue weighted by Crippen LogP contribution is -2.36. The molecular formula is C13H20N2O4S. The molecule has 0 atom stereocenters. The Kier molecular flexibility index (Phi) is 5.67. The van der Waals surface area contributed by atoms with Gasteiger partial charge < -0.3 is 10.0 Å². The van der Waals surface area contributed by atoms with E-state index in [1.54, 1.807) is 0 Å². The third kappa shape index (κ3) is 4.59. The molecule has 6 nitrogen and oxygen atoms in total. The van der Waals surface area contributed by atoms with E-state index < -0.39 is 16.0 Å². The zero-order valence-electron chi connectivity index (χ0n) is 11.8. The minimum atomic E-state index is -3.59. The summed E-state index contributed by atoms with van der Waals surface area (Å²) in [5.74, 6) is -1.08. The summed E-state index contributed by atoms with van der Waals surface area (Å²) in [7, 11) is -1.68. The summed E-state index contributed by atoms with van der Waals surface area (Å²) in [4.78, 5) is 12.8. The van der Waals surface area contributed by atoms with Crippen molar-refractivity contribution in [3.63, 3.8) is 0 Å². The van der Waals surface area contributed by atoms with Crippen molar-refractivity contribution in [2.75, 3.05) is 20.1 Å². The maximum Gasteiger partial charge on any atom is 0.335 e. The van der Waals surface area contributed by atoms with E-state index in [0.717, 1.165) is 0 Å². The molecule has 0 radical (unpaired) electrons. The van der Waals surface area contributed by atoms with Gasteiger partial charge in [-0.1, -0.05) is 0 Å². The molecule has 0 amide bonds. The number of sulfonamides is 1. The van der Waals surface area contributed by atoms with Gasteiger partial charge in [0, 0.05) is 19.1 Å². The van der Waals surface area contributed by atoms with Gasteiger partial charge in [0.1, 0.15) is 0 Å². The van der Waals surface area contributed by atoms with Gasteiger partial charge in [0.25, 0.3) is 0 Å². The minimum absolute atomic E-state index is 0.0588. The summed E-state index contributed by atoms with van der Waals surface area (Å²) in [6.07, 6.45) is 0. The lowest BCUT2D eigenvalue weighted by Gasteiger charge is -2.20. The number of nitrogens with zero attached hydrogens (tertiary/aromatic N) is 1. The van der Waals surface area contributed by atoms with Crippen LogP contribution >= 0.6 is 0 Å². The molecule has 0 aliphatic carbocycles. The molecule has 0 aliphatic rings. The number of aromatic carboxylic acids is 1. The Morgan fingerprint density at radius 3 is 2.30 bits per heavy atom. The topological polar surface area (TPSA) is 86.7 Å². The van der Waals surface area contributed by atoms with Gasteiger partial charge in [-0.3, -0.25) is 0 Å². The first-order valence-electron chi connectivity index (χ1n) is 6.27. The number of rotatable bonds is 7. The first-order chi connectivity index (χ1) is 9.24. The third-order valence-corrected chi connectivity index (χ3v) is 4.53. The molecular weight excluding hydrogens is 280 g/mol. The Labute approximate surface area is 119 Å². The standard InChI is InChI=1S/C13H20N2O4S/c1-10(2)15(3)9-8-14-20(18,19)12-6-4-11(5-7-12)13(16)17/h4-7,10,14H,8-9H2,1-3H3,(H,16,17). The first kappa shape index (κ1) is 16.6. The Balaban J connectivity index is 2.67. The van der Waals surface area contributed by atoms with Crippen molar-refractivity contribution in [3.8, 4) is 0 Å². The molecule has 1 rings (SSSR count). The average Bonchev–Trinajstić information content (AvgIpc) is 2.38. The van der Waals surface area contributed by atoms with Crippen LogP contribution in [0.4, 0.5) is 0 Å². The third-order valence-electron chi connectivity index (χ3n) is 3.05. The number of carboxylic acid groups (broad SMARTS) is 1. The van der Waals surface area contributed by atoms with Crippen LogP contribution in [0.15, 0.2) is 29.2 Å². The lowest BCUT2D eigenvalue weighted by molar-refractivity contribution is 0.0696. The highest BCUT2D eigenvalue weighted by atomic mass is 32.2. The highest BCUT2D eigenvalue weighted by Crippen LogP contribution is 2.10. The van der Waals surface area contributed by atoms with E-state index in [4.69, 9.17) is 5.11 Å².